The number of benzene rings is 2. The zero-order chi connectivity index (χ0) is 19.2. The maximum absolute atomic E-state index is 12.8. The molecule has 0 unspecified atom stereocenters. The number of rotatable bonds is 5. The number of anilines is 1. The molecule has 1 atom stereocenters. The molecule has 6 nitrogen and oxygen atoms in total. The predicted molar refractivity (Wildman–Crippen MR) is 103 cm³/mol. The summed E-state index contributed by atoms with van der Waals surface area (Å²) in [5.74, 6) is 0.0256. The molecule has 2 aromatic carbocycles. The van der Waals surface area contributed by atoms with Crippen LogP contribution in [0.5, 0.6) is 5.75 Å². The van der Waals surface area contributed by atoms with Gasteiger partial charge in [0, 0.05) is 18.1 Å². The van der Waals surface area contributed by atoms with Crippen molar-refractivity contribution in [3.05, 3.63) is 59.1 Å². The number of nitrogens with zero attached hydrogens (tertiary/aromatic N) is 1. The maximum Gasteiger partial charge on any atom is 0.265 e. The van der Waals surface area contributed by atoms with E-state index in [9.17, 15) is 9.59 Å². The molecule has 0 radical (unpaired) electrons. The van der Waals surface area contributed by atoms with Gasteiger partial charge in [0.1, 0.15) is 5.75 Å². The van der Waals surface area contributed by atoms with Crippen molar-refractivity contribution in [2.24, 2.45) is 0 Å². The Morgan fingerprint density at radius 1 is 1.15 bits per heavy atom. The van der Waals surface area contributed by atoms with Crippen LogP contribution in [-0.2, 0) is 9.53 Å². The Morgan fingerprint density at radius 2 is 1.89 bits per heavy atom. The van der Waals surface area contributed by atoms with E-state index in [1.165, 1.54) is 0 Å². The number of halogens is 1. The van der Waals surface area contributed by atoms with Gasteiger partial charge in [-0.2, -0.15) is 0 Å². The van der Waals surface area contributed by atoms with Gasteiger partial charge in [0.05, 0.1) is 24.5 Å². The molecule has 0 aliphatic carbocycles. The first-order valence-corrected chi connectivity index (χ1v) is 9.11. The number of ether oxygens (including phenoxy) is 2. The van der Waals surface area contributed by atoms with Crippen molar-refractivity contribution < 1.29 is 19.1 Å². The maximum atomic E-state index is 12.8. The molecule has 2 amide bonds. The van der Waals surface area contributed by atoms with Crippen LogP contribution < -0.4 is 10.1 Å². The Hall–Kier alpha value is -2.57. The first-order chi connectivity index (χ1) is 13.0. The van der Waals surface area contributed by atoms with Gasteiger partial charge < -0.3 is 19.7 Å². The number of amides is 2. The largest absolute Gasteiger partial charge is 0.481 e. The fourth-order valence-corrected chi connectivity index (χ4v) is 2.93. The molecule has 1 aliphatic heterocycles. The SMILES string of the molecule is C[C@@H](Oc1cccc(Cl)c1)C(=O)Nc1ccccc1C(=O)N1CCOCC1. The number of hydrogen-bond acceptors (Lipinski definition) is 4. The van der Waals surface area contributed by atoms with Crippen LogP contribution >= 0.6 is 11.6 Å². The van der Waals surface area contributed by atoms with Crippen LogP contribution in [0, 0.1) is 0 Å². The van der Waals surface area contributed by atoms with Gasteiger partial charge >= 0.3 is 0 Å². The third-order valence-electron chi connectivity index (χ3n) is 4.19. The Balaban J connectivity index is 1.69. The number of hydrogen-bond donors (Lipinski definition) is 1. The smallest absolute Gasteiger partial charge is 0.265 e. The number of carbonyl (C=O) groups excluding carboxylic acids is 2. The van der Waals surface area contributed by atoms with Gasteiger partial charge in [-0.1, -0.05) is 29.8 Å². The second-order valence-corrected chi connectivity index (χ2v) is 6.59. The molecule has 1 N–H and O–H groups in total. The summed E-state index contributed by atoms with van der Waals surface area (Å²) in [6.45, 7) is 3.75. The lowest BCUT2D eigenvalue weighted by Gasteiger charge is -2.27. The van der Waals surface area contributed by atoms with Crippen molar-refractivity contribution in [3.8, 4) is 5.75 Å². The minimum Gasteiger partial charge on any atom is -0.481 e. The summed E-state index contributed by atoms with van der Waals surface area (Å²) in [6.07, 6.45) is -0.755. The van der Waals surface area contributed by atoms with Gasteiger partial charge in [-0.15, -0.1) is 0 Å². The van der Waals surface area contributed by atoms with Crippen LogP contribution in [-0.4, -0.2) is 49.1 Å². The van der Waals surface area contributed by atoms with Crippen molar-refractivity contribution in [3.63, 3.8) is 0 Å². The van der Waals surface area contributed by atoms with Gasteiger partial charge in [-0.25, -0.2) is 0 Å². The van der Waals surface area contributed by atoms with Crippen LogP contribution in [0.4, 0.5) is 5.69 Å². The fourth-order valence-electron chi connectivity index (χ4n) is 2.75. The van der Waals surface area contributed by atoms with E-state index >= 15 is 0 Å². The van der Waals surface area contributed by atoms with E-state index in [1.54, 1.807) is 60.4 Å². The first kappa shape index (κ1) is 19.2. The lowest BCUT2D eigenvalue weighted by atomic mass is 10.1. The normalized spacial score (nSPS) is 15.1. The van der Waals surface area contributed by atoms with Crippen LogP contribution in [0.3, 0.4) is 0 Å². The molecule has 1 heterocycles. The predicted octanol–water partition coefficient (Wildman–Crippen LogP) is 3.22. The Bertz CT molecular complexity index is 821. The second-order valence-electron chi connectivity index (χ2n) is 6.16. The molecular formula is C20H21ClN2O4. The molecule has 7 heteroatoms. The standard InChI is InChI=1S/C20H21ClN2O4/c1-14(27-16-6-4-5-15(21)13-16)19(24)22-18-8-3-2-7-17(18)20(25)23-9-11-26-12-10-23/h2-8,13-14H,9-12H2,1H3,(H,22,24)/t14-/m1/s1. The monoisotopic (exact) mass is 388 g/mol. The van der Waals surface area contributed by atoms with E-state index in [4.69, 9.17) is 21.1 Å². The summed E-state index contributed by atoms with van der Waals surface area (Å²) in [7, 11) is 0. The second kappa shape index (κ2) is 8.88. The molecule has 0 aromatic heterocycles. The summed E-state index contributed by atoms with van der Waals surface area (Å²) < 4.78 is 10.9. The number of nitrogens with one attached hydrogen (secondary N) is 1. The quantitative estimate of drug-likeness (QED) is 0.854. The lowest BCUT2D eigenvalue weighted by Crippen LogP contribution is -2.41. The van der Waals surface area contributed by atoms with Gasteiger partial charge in [0.25, 0.3) is 11.8 Å². The van der Waals surface area contributed by atoms with Crippen LogP contribution in [0.1, 0.15) is 17.3 Å². The minimum atomic E-state index is -0.755. The van der Waals surface area contributed by atoms with Gasteiger partial charge in [0.2, 0.25) is 0 Å². The number of morpholine rings is 1. The molecule has 1 aliphatic rings. The van der Waals surface area contributed by atoms with Crippen molar-refractivity contribution in [1.82, 2.24) is 4.90 Å². The van der Waals surface area contributed by atoms with Crippen LogP contribution in [0.2, 0.25) is 5.02 Å². The Kier molecular flexibility index (Phi) is 6.32. The molecule has 3 rings (SSSR count). The van der Waals surface area contributed by atoms with E-state index in [0.717, 1.165) is 0 Å². The zero-order valence-corrected chi connectivity index (χ0v) is 15.7. The van der Waals surface area contributed by atoms with Crippen molar-refractivity contribution in [2.75, 3.05) is 31.6 Å². The lowest BCUT2D eigenvalue weighted by molar-refractivity contribution is -0.122. The Labute approximate surface area is 163 Å². The van der Waals surface area contributed by atoms with Crippen molar-refractivity contribution in [2.45, 2.75) is 13.0 Å². The van der Waals surface area contributed by atoms with Gasteiger partial charge in [-0.05, 0) is 37.3 Å². The summed E-state index contributed by atoms with van der Waals surface area (Å²) in [4.78, 5) is 27.0. The summed E-state index contributed by atoms with van der Waals surface area (Å²) in [6, 6.07) is 13.8. The Morgan fingerprint density at radius 3 is 2.63 bits per heavy atom. The van der Waals surface area contributed by atoms with E-state index in [-0.39, 0.29) is 11.8 Å². The zero-order valence-electron chi connectivity index (χ0n) is 15.0. The molecule has 0 spiro atoms. The third-order valence-corrected chi connectivity index (χ3v) is 4.43. The molecule has 142 valence electrons. The van der Waals surface area contributed by atoms with E-state index in [1.807, 2.05) is 0 Å². The molecule has 0 saturated carbocycles. The van der Waals surface area contributed by atoms with Crippen molar-refractivity contribution in [1.29, 1.82) is 0 Å². The van der Waals surface area contributed by atoms with E-state index in [0.29, 0.717) is 48.3 Å². The first-order valence-electron chi connectivity index (χ1n) is 8.74. The summed E-state index contributed by atoms with van der Waals surface area (Å²) in [5.41, 5.74) is 0.906. The summed E-state index contributed by atoms with van der Waals surface area (Å²) >= 11 is 5.94. The average molecular weight is 389 g/mol. The molecule has 1 fully saturated rings. The summed E-state index contributed by atoms with van der Waals surface area (Å²) in [5, 5.41) is 3.32. The van der Waals surface area contributed by atoms with Gasteiger partial charge in [0.15, 0.2) is 6.10 Å². The van der Waals surface area contributed by atoms with Gasteiger partial charge in [-0.3, -0.25) is 9.59 Å². The van der Waals surface area contributed by atoms with E-state index < -0.39 is 6.10 Å². The fraction of sp³-hybridized carbons (Fsp3) is 0.300. The molecule has 2 aromatic rings. The topological polar surface area (TPSA) is 67.9 Å². The number of para-hydroxylation sites is 1. The van der Waals surface area contributed by atoms with Crippen LogP contribution in [0.25, 0.3) is 0 Å². The molecule has 0 bridgehead atoms. The molecule has 1 saturated heterocycles. The highest BCUT2D eigenvalue weighted by Crippen LogP contribution is 2.21. The van der Waals surface area contributed by atoms with Crippen molar-refractivity contribution >= 4 is 29.1 Å². The highest BCUT2D eigenvalue weighted by molar-refractivity contribution is 6.30. The molecular weight excluding hydrogens is 368 g/mol. The molecule has 27 heavy (non-hydrogen) atoms. The number of carbonyl (C=O) groups is 2. The average Bonchev–Trinajstić information content (AvgIpc) is 2.68. The van der Waals surface area contributed by atoms with E-state index in [2.05, 4.69) is 5.32 Å². The highest BCUT2D eigenvalue weighted by Gasteiger charge is 2.23. The third kappa shape index (κ3) is 4.99. The van der Waals surface area contributed by atoms with Crippen LogP contribution in [0.15, 0.2) is 48.5 Å². The minimum absolute atomic E-state index is 0.127. The highest BCUT2D eigenvalue weighted by atomic mass is 35.5.